The highest BCUT2D eigenvalue weighted by Gasteiger charge is 2.31. The lowest BCUT2D eigenvalue weighted by Crippen LogP contribution is -2.53. The summed E-state index contributed by atoms with van der Waals surface area (Å²) in [6, 6.07) is 4.98. The first-order chi connectivity index (χ1) is 12.2. The zero-order valence-electron chi connectivity index (χ0n) is 14.8. The molecule has 3 atom stereocenters. The topological polar surface area (TPSA) is 104 Å². The van der Waals surface area contributed by atoms with Gasteiger partial charge in [-0.2, -0.15) is 0 Å². The molecule has 1 aliphatic rings. The Morgan fingerprint density at radius 1 is 1.27 bits per heavy atom. The zero-order chi connectivity index (χ0) is 19.3. The van der Waals surface area contributed by atoms with Gasteiger partial charge in [-0.05, 0) is 36.6 Å². The molecule has 3 amide bonds. The minimum absolute atomic E-state index is 0.0641. The van der Waals surface area contributed by atoms with Crippen molar-refractivity contribution in [3.8, 4) is 0 Å². The third kappa shape index (κ3) is 5.88. The lowest BCUT2D eigenvalue weighted by Gasteiger charge is -2.24. The highest BCUT2D eigenvalue weighted by molar-refractivity contribution is 7.91. The quantitative estimate of drug-likeness (QED) is 0.679. The molecule has 2 rings (SSSR count). The van der Waals surface area contributed by atoms with E-state index in [1.807, 2.05) is 13.8 Å². The number of urea groups is 1. The fourth-order valence-corrected chi connectivity index (χ4v) is 4.53. The minimum Gasteiger partial charge on any atom is -0.334 e. The average molecular weight is 402 g/mol. The summed E-state index contributed by atoms with van der Waals surface area (Å²) in [4.78, 5) is 24.8. The second-order valence-corrected chi connectivity index (χ2v) is 9.24. The monoisotopic (exact) mass is 401 g/mol. The molecule has 1 aliphatic heterocycles. The zero-order valence-corrected chi connectivity index (χ0v) is 16.4. The molecular weight excluding hydrogens is 378 g/mol. The molecule has 7 nitrogen and oxygen atoms in total. The number of hydrogen-bond acceptors (Lipinski definition) is 4. The fraction of sp³-hybridized carbons (Fsp3) is 0.529. The molecule has 9 heteroatoms. The van der Waals surface area contributed by atoms with Crippen LogP contribution in [0.2, 0.25) is 5.02 Å². The molecule has 1 aromatic rings. The summed E-state index contributed by atoms with van der Waals surface area (Å²) < 4.78 is 23.0. The number of halogens is 1. The average Bonchev–Trinajstić information content (AvgIpc) is 2.92. The van der Waals surface area contributed by atoms with Gasteiger partial charge in [0.1, 0.15) is 6.04 Å². The highest BCUT2D eigenvalue weighted by Crippen LogP contribution is 2.16. The van der Waals surface area contributed by atoms with E-state index in [0.717, 1.165) is 0 Å². The van der Waals surface area contributed by atoms with Crippen LogP contribution in [0.3, 0.4) is 0 Å². The molecule has 1 fully saturated rings. The Bertz CT molecular complexity index is 752. The second-order valence-electron chi connectivity index (χ2n) is 6.58. The van der Waals surface area contributed by atoms with E-state index in [1.54, 1.807) is 24.3 Å². The van der Waals surface area contributed by atoms with Crippen LogP contribution in [0.25, 0.3) is 0 Å². The normalized spacial score (nSPS) is 20.8. The molecule has 0 unspecified atom stereocenters. The number of amides is 3. The summed E-state index contributed by atoms with van der Waals surface area (Å²) >= 11 is 5.83. The maximum absolute atomic E-state index is 12.6. The van der Waals surface area contributed by atoms with Crippen LogP contribution in [0.4, 0.5) is 10.5 Å². The van der Waals surface area contributed by atoms with Gasteiger partial charge in [0.15, 0.2) is 9.84 Å². The molecule has 3 N–H and O–H groups in total. The standard InChI is InChI=1S/C17H24ClN3O4S/c1-3-11(2)15(16(22)19-13-6-4-12(18)5-7-13)21-17(23)20-14-8-9-26(24,25)10-14/h4-7,11,14-15H,3,8-10H2,1-2H3,(H,19,22)(H2,20,21,23)/t11-,14+,15+/m1/s1. The van der Waals surface area contributed by atoms with Crippen LogP contribution in [-0.4, -0.2) is 43.9 Å². The van der Waals surface area contributed by atoms with Crippen LogP contribution in [0.15, 0.2) is 24.3 Å². The number of sulfone groups is 1. The first-order valence-electron chi connectivity index (χ1n) is 8.54. The van der Waals surface area contributed by atoms with E-state index in [1.165, 1.54) is 0 Å². The van der Waals surface area contributed by atoms with E-state index in [0.29, 0.717) is 23.6 Å². The number of carbonyl (C=O) groups excluding carboxylic acids is 2. The summed E-state index contributed by atoms with van der Waals surface area (Å²) in [5.74, 6) is -0.425. The van der Waals surface area contributed by atoms with Gasteiger partial charge in [-0.25, -0.2) is 13.2 Å². The predicted molar refractivity (Wildman–Crippen MR) is 102 cm³/mol. The Hall–Kier alpha value is -1.80. The Balaban J connectivity index is 1.98. The second kappa shape index (κ2) is 8.73. The number of hydrogen-bond donors (Lipinski definition) is 3. The van der Waals surface area contributed by atoms with Crippen LogP contribution in [0.5, 0.6) is 0 Å². The van der Waals surface area contributed by atoms with E-state index < -0.39 is 28.0 Å². The number of benzene rings is 1. The van der Waals surface area contributed by atoms with Gasteiger partial charge in [-0.15, -0.1) is 0 Å². The third-order valence-electron chi connectivity index (χ3n) is 4.46. The Kier molecular flexibility index (Phi) is 6.88. The lowest BCUT2D eigenvalue weighted by molar-refractivity contribution is -0.119. The summed E-state index contributed by atoms with van der Waals surface area (Å²) in [5.41, 5.74) is 0.580. The minimum atomic E-state index is -3.08. The molecular formula is C17H24ClN3O4S. The van der Waals surface area contributed by atoms with E-state index >= 15 is 0 Å². The number of anilines is 1. The van der Waals surface area contributed by atoms with Gasteiger partial charge in [-0.1, -0.05) is 31.9 Å². The Labute approximate surface area is 158 Å². The van der Waals surface area contributed by atoms with Crippen molar-refractivity contribution >= 4 is 39.1 Å². The van der Waals surface area contributed by atoms with Gasteiger partial charge >= 0.3 is 6.03 Å². The fourth-order valence-electron chi connectivity index (χ4n) is 2.73. The lowest BCUT2D eigenvalue weighted by atomic mass is 9.98. The molecule has 0 bridgehead atoms. The molecule has 0 aromatic heterocycles. The van der Waals surface area contributed by atoms with Gasteiger partial charge in [0.25, 0.3) is 0 Å². The molecule has 1 aromatic carbocycles. The molecule has 0 aliphatic carbocycles. The summed E-state index contributed by atoms with van der Waals surface area (Å²) in [6.07, 6.45) is 1.08. The Morgan fingerprint density at radius 2 is 1.92 bits per heavy atom. The number of nitrogens with one attached hydrogen (secondary N) is 3. The Morgan fingerprint density at radius 3 is 2.46 bits per heavy atom. The van der Waals surface area contributed by atoms with Crippen molar-refractivity contribution in [1.29, 1.82) is 0 Å². The predicted octanol–water partition coefficient (Wildman–Crippen LogP) is 2.18. The number of carbonyl (C=O) groups is 2. The first-order valence-corrected chi connectivity index (χ1v) is 10.7. The SMILES string of the molecule is CC[C@@H](C)[C@H](NC(=O)N[C@H]1CCS(=O)(=O)C1)C(=O)Nc1ccc(Cl)cc1. The van der Waals surface area contributed by atoms with Crippen molar-refractivity contribution in [2.45, 2.75) is 38.8 Å². The van der Waals surface area contributed by atoms with E-state index in [4.69, 9.17) is 11.6 Å². The van der Waals surface area contributed by atoms with Gasteiger partial charge in [0.2, 0.25) is 5.91 Å². The maximum atomic E-state index is 12.6. The van der Waals surface area contributed by atoms with Gasteiger partial charge in [-0.3, -0.25) is 4.79 Å². The molecule has 26 heavy (non-hydrogen) atoms. The molecule has 1 saturated heterocycles. The number of rotatable bonds is 6. The highest BCUT2D eigenvalue weighted by atomic mass is 35.5. The van der Waals surface area contributed by atoms with Crippen molar-refractivity contribution in [2.75, 3.05) is 16.8 Å². The van der Waals surface area contributed by atoms with Crippen molar-refractivity contribution < 1.29 is 18.0 Å². The summed E-state index contributed by atoms with van der Waals surface area (Å²) in [5, 5.41) is 8.64. The van der Waals surface area contributed by atoms with Crippen LogP contribution in [0.1, 0.15) is 26.7 Å². The molecule has 0 spiro atoms. The van der Waals surface area contributed by atoms with Crippen LogP contribution < -0.4 is 16.0 Å². The van der Waals surface area contributed by atoms with Crippen molar-refractivity contribution in [1.82, 2.24) is 10.6 Å². The van der Waals surface area contributed by atoms with Gasteiger partial charge < -0.3 is 16.0 Å². The largest absolute Gasteiger partial charge is 0.334 e. The van der Waals surface area contributed by atoms with Crippen LogP contribution >= 0.6 is 11.6 Å². The van der Waals surface area contributed by atoms with E-state index in [9.17, 15) is 18.0 Å². The smallest absolute Gasteiger partial charge is 0.315 e. The van der Waals surface area contributed by atoms with Crippen LogP contribution in [0, 0.1) is 5.92 Å². The first kappa shape index (κ1) is 20.5. The van der Waals surface area contributed by atoms with Crippen LogP contribution in [-0.2, 0) is 14.6 Å². The van der Waals surface area contributed by atoms with E-state index in [2.05, 4.69) is 16.0 Å². The van der Waals surface area contributed by atoms with E-state index in [-0.39, 0.29) is 23.3 Å². The summed E-state index contributed by atoms with van der Waals surface area (Å²) in [7, 11) is -3.08. The maximum Gasteiger partial charge on any atom is 0.315 e. The summed E-state index contributed by atoms with van der Waals surface area (Å²) in [6.45, 7) is 3.79. The third-order valence-corrected chi connectivity index (χ3v) is 6.48. The molecule has 1 heterocycles. The van der Waals surface area contributed by atoms with Gasteiger partial charge in [0, 0.05) is 16.8 Å². The molecule has 144 valence electrons. The molecule has 0 radical (unpaired) electrons. The van der Waals surface area contributed by atoms with Crippen molar-refractivity contribution in [3.05, 3.63) is 29.3 Å². The van der Waals surface area contributed by atoms with Crippen molar-refractivity contribution in [2.24, 2.45) is 5.92 Å². The molecule has 0 saturated carbocycles. The van der Waals surface area contributed by atoms with Gasteiger partial charge in [0.05, 0.1) is 11.5 Å². The van der Waals surface area contributed by atoms with Crippen molar-refractivity contribution in [3.63, 3.8) is 0 Å².